The minimum absolute atomic E-state index is 0.0571. The highest BCUT2D eigenvalue weighted by molar-refractivity contribution is 7.99. The summed E-state index contributed by atoms with van der Waals surface area (Å²) in [7, 11) is 0. The van der Waals surface area contributed by atoms with Gasteiger partial charge in [0.1, 0.15) is 5.75 Å². The summed E-state index contributed by atoms with van der Waals surface area (Å²) >= 11 is 1.89. The Morgan fingerprint density at radius 3 is 3.00 bits per heavy atom. The van der Waals surface area contributed by atoms with Gasteiger partial charge in [-0.1, -0.05) is 18.6 Å². The van der Waals surface area contributed by atoms with Gasteiger partial charge in [0.2, 0.25) is 0 Å². The second-order valence-corrected chi connectivity index (χ2v) is 6.00. The normalized spacial score (nSPS) is 20.4. The number of hydrogen-bond acceptors (Lipinski definition) is 3. The molecule has 0 bridgehead atoms. The van der Waals surface area contributed by atoms with Crippen molar-refractivity contribution < 1.29 is 9.90 Å². The molecule has 0 saturated carbocycles. The van der Waals surface area contributed by atoms with Crippen molar-refractivity contribution >= 4 is 17.7 Å². The molecule has 3 nitrogen and oxygen atoms in total. The summed E-state index contributed by atoms with van der Waals surface area (Å²) in [5.74, 6) is 0.990. The van der Waals surface area contributed by atoms with Crippen molar-refractivity contribution in [1.82, 2.24) is 4.90 Å². The standard InChI is InChI=1S/C13H17NO2S/c1-9-3-4-12(15)11(7-9)13(16)14-5-6-17-10(2)8-14/h3-4,7,10,15H,5-6,8H2,1-2H3. The summed E-state index contributed by atoms with van der Waals surface area (Å²) < 4.78 is 0. The predicted octanol–water partition coefficient (Wildman–Crippen LogP) is 2.28. The van der Waals surface area contributed by atoms with Crippen molar-refractivity contribution in [2.24, 2.45) is 0 Å². The molecule has 1 unspecified atom stereocenters. The highest BCUT2D eigenvalue weighted by Crippen LogP contribution is 2.24. The second kappa shape index (κ2) is 5.00. The smallest absolute Gasteiger partial charge is 0.257 e. The fourth-order valence-corrected chi connectivity index (χ4v) is 3.01. The predicted molar refractivity (Wildman–Crippen MR) is 70.7 cm³/mol. The van der Waals surface area contributed by atoms with Crippen LogP contribution in [0.5, 0.6) is 5.75 Å². The molecule has 17 heavy (non-hydrogen) atoms. The third-order valence-electron chi connectivity index (χ3n) is 2.91. The van der Waals surface area contributed by atoms with Gasteiger partial charge in [-0.25, -0.2) is 0 Å². The fourth-order valence-electron chi connectivity index (χ4n) is 1.99. The van der Waals surface area contributed by atoms with Crippen LogP contribution in [0.25, 0.3) is 0 Å². The lowest BCUT2D eigenvalue weighted by molar-refractivity contribution is 0.0760. The van der Waals surface area contributed by atoms with E-state index >= 15 is 0 Å². The van der Waals surface area contributed by atoms with E-state index in [4.69, 9.17) is 0 Å². The number of hydrogen-bond donors (Lipinski definition) is 1. The third-order valence-corrected chi connectivity index (χ3v) is 4.05. The summed E-state index contributed by atoms with van der Waals surface area (Å²) in [6, 6.07) is 5.15. The summed E-state index contributed by atoms with van der Waals surface area (Å²) in [5.41, 5.74) is 1.41. The summed E-state index contributed by atoms with van der Waals surface area (Å²) in [6.07, 6.45) is 0. The number of thioether (sulfide) groups is 1. The van der Waals surface area contributed by atoms with Gasteiger partial charge in [-0.3, -0.25) is 4.79 Å². The zero-order valence-corrected chi connectivity index (χ0v) is 11.0. The fraction of sp³-hybridized carbons (Fsp3) is 0.462. The van der Waals surface area contributed by atoms with E-state index < -0.39 is 0 Å². The van der Waals surface area contributed by atoms with Gasteiger partial charge in [0, 0.05) is 24.1 Å². The van der Waals surface area contributed by atoms with Gasteiger partial charge in [0.05, 0.1) is 5.56 Å². The van der Waals surface area contributed by atoms with Crippen molar-refractivity contribution in [3.05, 3.63) is 29.3 Å². The maximum absolute atomic E-state index is 12.3. The van der Waals surface area contributed by atoms with Crippen LogP contribution in [0.2, 0.25) is 0 Å². The molecule has 1 atom stereocenters. The van der Waals surface area contributed by atoms with Crippen molar-refractivity contribution in [3.8, 4) is 5.75 Å². The van der Waals surface area contributed by atoms with Crippen LogP contribution in [0.4, 0.5) is 0 Å². The highest BCUT2D eigenvalue weighted by atomic mass is 32.2. The first-order chi connectivity index (χ1) is 8.08. The lowest BCUT2D eigenvalue weighted by Crippen LogP contribution is -2.41. The Morgan fingerprint density at radius 2 is 2.29 bits per heavy atom. The maximum Gasteiger partial charge on any atom is 0.257 e. The molecule has 1 fully saturated rings. The number of carbonyl (C=O) groups is 1. The quantitative estimate of drug-likeness (QED) is 0.832. The van der Waals surface area contributed by atoms with Gasteiger partial charge in [0.15, 0.2) is 0 Å². The first-order valence-electron chi connectivity index (χ1n) is 5.78. The number of phenolic OH excluding ortho intramolecular Hbond substituents is 1. The van der Waals surface area contributed by atoms with Crippen molar-refractivity contribution in [1.29, 1.82) is 0 Å². The Bertz CT molecular complexity index is 433. The molecule has 0 aromatic heterocycles. The van der Waals surface area contributed by atoms with E-state index in [2.05, 4.69) is 6.92 Å². The number of rotatable bonds is 1. The summed E-state index contributed by atoms with van der Waals surface area (Å²) in [6.45, 7) is 5.57. The minimum atomic E-state index is -0.0571. The Balaban J connectivity index is 2.21. The van der Waals surface area contributed by atoms with Gasteiger partial charge in [-0.15, -0.1) is 0 Å². The van der Waals surface area contributed by atoms with Crippen LogP contribution in [-0.2, 0) is 0 Å². The van der Waals surface area contributed by atoms with Crippen molar-refractivity contribution in [2.45, 2.75) is 19.1 Å². The number of nitrogens with zero attached hydrogens (tertiary/aromatic N) is 1. The lowest BCUT2D eigenvalue weighted by atomic mass is 10.1. The van der Waals surface area contributed by atoms with E-state index in [0.717, 1.165) is 24.4 Å². The van der Waals surface area contributed by atoms with Crippen LogP contribution in [0, 0.1) is 6.92 Å². The third kappa shape index (κ3) is 2.75. The van der Waals surface area contributed by atoms with Crippen LogP contribution in [0.15, 0.2) is 18.2 Å². The number of amides is 1. The molecule has 1 N–H and O–H groups in total. The van der Waals surface area contributed by atoms with Crippen LogP contribution in [-0.4, -0.2) is 40.0 Å². The Hall–Kier alpha value is -1.16. The Kier molecular flexibility index (Phi) is 3.62. The summed E-state index contributed by atoms with van der Waals surface area (Å²) in [5, 5.41) is 10.2. The molecule has 2 rings (SSSR count). The van der Waals surface area contributed by atoms with Gasteiger partial charge in [-0.05, 0) is 19.1 Å². The van der Waals surface area contributed by atoms with E-state index in [9.17, 15) is 9.90 Å². The molecule has 1 aromatic rings. The monoisotopic (exact) mass is 251 g/mol. The first kappa shape index (κ1) is 12.3. The number of aryl methyl sites for hydroxylation is 1. The van der Waals surface area contributed by atoms with Crippen molar-refractivity contribution in [3.63, 3.8) is 0 Å². The lowest BCUT2D eigenvalue weighted by Gasteiger charge is -2.30. The highest BCUT2D eigenvalue weighted by Gasteiger charge is 2.24. The maximum atomic E-state index is 12.3. The van der Waals surface area contributed by atoms with Crippen molar-refractivity contribution in [2.75, 3.05) is 18.8 Å². The van der Waals surface area contributed by atoms with E-state index in [0.29, 0.717) is 10.8 Å². The summed E-state index contributed by atoms with van der Waals surface area (Å²) in [4.78, 5) is 14.1. The van der Waals surface area contributed by atoms with Crippen LogP contribution < -0.4 is 0 Å². The average Bonchev–Trinajstić information content (AvgIpc) is 2.31. The Labute approximate surface area is 106 Å². The first-order valence-corrected chi connectivity index (χ1v) is 6.83. The molecule has 1 saturated heterocycles. The number of carbonyl (C=O) groups excluding carboxylic acids is 1. The zero-order chi connectivity index (χ0) is 12.4. The molecule has 92 valence electrons. The van der Waals surface area contributed by atoms with Crippen LogP contribution in [0.3, 0.4) is 0 Å². The minimum Gasteiger partial charge on any atom is -0.507 e. The molecule has 4 heteroatoms. The molecule has 0 aliphatic carbocycles. The van der Waals surface area contributed by atoms with Gasteiger partial charge >= 0.3 is 0 Å². The number of phenols is 1. The number of aromatic hydroxyl groups is 1. The zero-order valence-electron chi connectivity index (χ0n) is 10.1. The molecule has 0 radical (unpaired) electrons. The van der Waals surface area contributed by atoms with E-state index in [1.54, 1.807) is 18.2 Å². The Morgan fingerprint density at radius 1 is 1.53 bits per heavy atom. The second-order valence-electron chi connectivity index (χ2n) is 4.45. The number of benzene rings is 1. The molecular formula is C13H17NO2S. The van der Waals surface area contributed by atoms with E-state index in [-0.39, 0.29) is 11.7 Å². The molecule has 1 aliphatic heterocycles. The van der Waals surface area contributed by atoms with E-state index in [1.165, 1.54) is 0 Å². The molecular weight excluding hydrogens is 234 g/mol. The SMILES string of the molecule is Cc1ccc(O)c(C(=O)N2CCSC(C)C2)c1. The molecule has 0 spiro atoms. The molecule has 1 aliphatic rings. The van der Waals surface area contributed by atoms with Crippen LogP contribution >= 0.6 is 11.8 Å². The molecule has 1 amide bonds. The molecule has 1 aromatic carbocycles. The van der Waals surface area contributed by atoms with Gasteiger partial charge < -0.3 is 10.0 Å². The van der Waals surface area contributed by atoms with Gasteiger partial charge in [-0.2, -0.15) is 11.8 Å². The van der Waals surface area contributed by atoms with Crippen LogP contribution in [0.1, 0.15) is 22.8 Å². The largest absolute Gasteiger partial charge is 0.507 e. The topological polar surface area (TPSA) is 40.5 Å². The molecule has 1 heterocycles. The average molecular weight is 251 g/mol. The van der Waals surface area contributed by atoms with E-state index in [1.807, 2.05) is 23.6 Å². The van der Waals surface area contributed by atoms with Gasteiger partial charge in [0.25, 0.3) is 5.91 Å².